The maximum atomic E-state index is 13.8. The summed E-state index contributed by atoms with van der Waals surface area (Å²) in [5, 5.41) is 6.25. The number of nitrogens with zero attached hydrogens (tertiary/aromatic N) is 3. The Kier molecular flexibility index (Phi) is 4.58. The van der Waals surface area contributed by atoms with Crippen LogP contribution in [-0.4, -0.2) is 42.0 Å². The van der Waals surface area contributed by atoms with Crippen molar-refractivity contribution < 1.29 is 19.1 Å². The van der Waals surface area contributed by atoms with Crippen LogP contribution in [0.2, 0.25) is 0 Å². The number of ketones is 1. The van der Waals surface area contributed by atoms with Crippen LogP contribution in [0.5, 0.6) is 5.75 Å². The third-order valence-electron chi connectivity index (χ3n) is 6.95. The number of hydrazone groups is 1. The molecule has 2 saturated heterocycles. The third kappa shape index (κ3) is 2.83. The van der Waals surface area contributed by atoms with Crippen LogP contribution in [0, 0.1) is 11.8 Å². The number of rotatable bonds is 4. The van der Waals surface area contributed by atoms with Gasteiger partial charge in [-0.15, -0.1) is 0 Å². The highest BCUT2D eigenvalue weighted by atomic mass is 16.5. The van der Waals surface area contributed by atoms with Gasteiger partial charge in [-0.1, -0.05) is 42.5 Å². The summed E-state index contributed by atoms with van der Waals surface area (Å²) in [5.41, 5.74) is 2.74. The Balaban J connectivity index is 1.48. The van der Waals surface area contributed by atoms with Gasteiger partial charge in [-0.3, -0.25) is 19.4 Å². The van der Waals surface area contributed by atoms with Crippen molar-refractivity contribution in [1.82, 2.24) is 5.01 Å². The Hall–Kier alpha value is -4.26. The lowest BCUT2D eigenvalue weighted by molar-refractivity contribution is -0.124. The van der Waals surface area contributed by atoms with Gasteiger partial charge in [-0.05, 0) is 47.5 Å². The van der Waals surface area contributed by atoms with Gasteiger partial charge < -0.3 is 4.74 Å². The average molecular weight is 451 g/mol. The molecule has 3 aromatic carbocycles. The summed E-state index contributed by atoms with van der Waals surface area (Å²) in [6.45, 7) is 0. The summed E-state index contributed by atoms with van der Waals surface area (Å²) in [7, 11) is 1.56. The fourth-order valence-corrected chi connectivity index (χ4v) is 5.43. The number of methoxy groups -OCH3 is 1. The monoisotopic (exact) mass is 451 g/mol. The van der Waals surface area contributed by atoms with Crippen LogP contribution in [0.15, 0.2) is 84.0 Å². The number of carbonyl (C=O) groups is 3. The molecule has 0 bridgehead atoms. The minimum Gasteiger partial charge on any atom is -0.497 e. The highest BCUT2D eigenvalue weighted by Gasteiger charge is 2.65. The molecule has 3 aromatic rings. The van der Waals surface area contributed by atoms with Gasteiger partial charge >= 0.3 is 0 Å². The Morgan fingerprint density at radius 2 is 1.53 bits per heavy atom. The van der Waals surface area contributed by atoms with Crippen molar-refractivity contribution in [3.05, 3.63) is 95.6 Å². The van der Waals surface area contributed by atoms with Crippen molar-refractivity contribution in [2.24, 2.45) is 16.9 Å². The first kappa shape index (κ1) is 20.4. The van der Waals surface area contributed by atoms with Gasteiger partial charge in [0.15, 0.2) is 5.78 Å². The first-order valence-electron chi connectivity index (χ1n) is 11.1. The second-order valence-electron chi connectivity index (χ2n) is 8.63. The molecule has 0 aromatic heterocycles. The molecule has 2 fully saturated rings. The van der Waals surface area contributed by atoms with Crippen LogP contribution >= 0.6 is 0 Å². The minimum atomic E-state index is -0.891. The van der Waals surface area contributed by atoms with Crippen LogP contribution in [0.25, 0.3) is 0 Å². The predicted molar refractivity (Wildman–Crippen MR) is 126 cm³/mol. The van der Waals surface area contributed by atoms with Crippen LogP contribution in [0.1, 0.15) is 27.5 Å². The van der Waals surface area contributed by atoms with E-state index < -0.39 is 23.9 Å². The van der Waals surface area contributed by atoms with Crippen molar-refractivity contribution in [3.8, 4) is 5.75 Å². The van der Waals surface area contributed by atoms with Gasteiger partial charge in [-0.25, -0.2) is 4.90 Å². The Bertz CT molecular complexity index is 1340. The third-order valence-corrected chi connectivity index (χ3v) is 6.95. The van der Waals surface area contributed by atoms with Gasteiger partial charge in [0.25, 0.3) is 0 Å². The number of hydrogen-bond donors (Lipinski definition) is 0. The van der Waals surface area contributed by atoms with Gasteiger partial charge in [0.1, 0.15) is 11.8 Å². The Morgan fingerprint density at radius 1 is 0.853 bits per heavy atom. The van der Waals surface area contributed by atoms with Crippen LogP contribution in [-0.2, 0) is 9.59 Å². The van der Waals surface area contributed by atoms with Crippen LogP contribution in [0.4, 0.5) is 5.69 Å². The lowest BCUT2D eigenvalue weighted by Crippen LogP contribution is -2.44. The number of para-hydroxylation sites is 1. The quantitative estimate of drug-likeness (QED) is 0.448. The molecule has 168 valence electrons. The molecule has 2 amide bonds. The fraction of sp³-hybridized carbons (Fsp3) is 0.185. The van der Waals surface area contributed by atoms with Gasteiger partial charge in [0.2, 0.25) is 11.8 Å². The van der Waals surface area contributed by atoms with Crippen molar-refractivity contribution in [1.29, 1.82) is 0 Å². The maximum absolute atomic E-state index is 13.8. The molecule has 0 N–H and O–H groups in total. The van der Waals surface area contributed by atoms with E-state index in [-0.39, 0.29) is 17.6 Å². The van der Waals surface area contributed by atoms with Gasteiger partial charge in [-0.2, -0.15) is 5.10 Å². The molecule has 3 aliphatic rings. The van der Waals surface area contributed by atoms with Gasteiger partial charge in [0, 0.05) is 5.56 Å². The summed E-state index contributed by atoms with van der Waals surface area (Å²) < 4.78 is 5.21. The van der Waals surface area contributed by atoms with E-state index >= 15 is 0 Å². The molecule has 0 unspecified atom stereocenters. The number of benzene rings is 3. The van der Waals surface area contributed by atoms with E-state index in [0.717, 1.165) is 11.1 Å². The van der Waals surface area contributed by atoms with Crippen molar-refractivity contribution in [2.45, 2.75) is 12.1 Å². The molecule has 3 aliphatic heterocycles. The molecule has 0 spiro atoms. The van der Waals surface area contributed by atoms with E-state index in [9.17, 15) is 14.4 Å². The summed E-state index contributed by atoms with van der Waals surface area (Å²) in [6.07, 6.45) is 1.70. The SMILES string of the molecule is COc1ccc(C(=O)[C@@H]2[C@@H]3C(=O)N(c4ccccc4)C(=O)[C@H]3[C@H]3c4ccccc4C=NN23)cc1. The summed E-state index contributed by atoms with van der Waals surface area (Å²) in [5.74, 6) is -1.82. The first-order chi connectivity index (χ1) is 16.6. The number of anilines is 1. The lowest BCUT2D eigenvalue weighted by Gasteiger charge is -2.33. The number of carbonyl (C=O) groups excluding carboxylic acids is 3. The van der Waals surface area contributed by atoms with Crippen LogP contribution < -0.4 is 9.64 Å². The normalized spacial score (nSPS) is 24.6. The van der Waals surface area contributed by atoms with Crippen molar-refractivity contribution in [3.63, 3.8) is 0 Å². The first-order valence-corrected chi connectivity index (χ1v) is 11.1. The number of fused-ring (bicyclic) bond motifs is 5. The number of imide groups is 1. The van der Waals surface area contributed by atoms with E-state index in [0.29, 0.717) is 17.0 Å². The van der Waals surface area contributed by atoms with E-state index in [1.165, 1.54) is 4.90 Å². The second-order valence-corrected chi connectivity index (χ2v) is 8.63. The molecule has 0 saturated carbocycles. The van der Waals surface area contributed by atoms with Gasteiger partial charge in [0.05, 0.1) is 36.9 Å². The highest BCUT2D eigenvalue weighted by molar-refractivity contribution is 6.24. The molecule has 3 heterocycles. The van der Waals surface area contributed by atoms with E-state index in [1.807, 2.05) is 30.3 Å². The second kappa shape index (κ2) is 7.66. The fourth-order valence-electron chi connectivity index (χ4n) is 5.43. The van der Waals surface area contributed by atoms with Crippen molar-refractivity contribution >= 4 is 29.5 Å². The molecule has 34 heavy (non-hydrogen) atoms. The Morgan fingerprint density at radius 3 is 2.26 bits per heavy atom. The predicted octanol–water partition coefficient (Wildman–Crippen LogP) is 3.46. The lowest BCUT2D eigenvalue weighted by atomic mass is 9.83. The molecule has 0 radical (unpaired) electrons. The maximum Gasteiger partial charge on any atom is 0.240 e. The molecule has 0 aliphatic carbocycles. The molecule has 7 nitrogen and oxygen atoms in total. The van der Waals surface area contributed by atoms with Crippen LogP contribution in [0.3, 0.4) is 0 Å². The number of ether oxygens (including phenoxy) is 1. The average Bonchev–Trinajstić information content (AvgIpc) is 3.36. The minimum absolute atomic E-state index is 0.243. The standard InChI is InChI=1S/C27H21N3O4/c1-34-19-13-11-16(12-14-19)25(31)24-22-21(23-20-10-6-5-7-17(20)15-28-30(23)24)26(32)29(27(22)33)18-8-3-2-4-9-18/h2-15,21-24H,1H3/t21-,22-,23-,24+/m1/s1. The molecule has 6 rings (SSSR count). The smallest absolute Gasteiger partial charge is 0.240 e. The zero-order valence-corrected chi connectivity index (χ0v) is 18.4. The molecule has 4 atom stereocenters. The molecular formula is C27H21N3O4. The zero-order chi connectivity index (χ0) is 23.4. The number of hydrogen-bond acceptors (Lipinski definition) is 6. The molecule has 7 heteroatoms. The van der Waals surface area contributed by atoms with E-state index in [4.69, 9.17) is 4.74 Å². The summed E-state index contributed by atoms with van der Waals surface area (Å²) >= 11 is 0. The molecular weight excluding hydrogens is 430 g/mol. The Labute approximate surface area is 196 Å². The summed E-state index contributed by atoms with van der Waals surface area (Å²) in [4.78, 5) is 42.6. The summed E-state index contributed by atoms with van der Waals surface area (Å²) in [6, 6.07) is 22.0. The zero-order valence-electron chi connectivity index (χ0n) is 18.4. The van der Waals surface area contributed by atoms with E-state index in [1.54, 1.807) is 66.9 Å². The largest absolute Gasteiger partial charge is 0.497 e. The number of amides is 2. The topological polar surface area (TPSA) is 79.3 Å². The highest BCUT2D eigenvalue weighted by Crippen LogP contribution is 2.53. The van der Waals surface area contributed by atoms with Crippen molar-refractivity contribution in [2.75, 3.05) is 12.0 Å². The number of Topliss-reactive ketones (excluding diaryl/α,β-unsaturated/α-hetero) is 1. The van der Waals surface area contributed by atoms with E-state index in [2.05, 4.69) is 5.10 Å².